The van der Waals surface area contributed by atoms with Crippen molar-refractivity contribution in [3.8, 4) is 11.3 Å². The van der Waals surface area contributed by atoms with Crippen molar-refractivity contribution in [2.75, 3.05) is 0 Å². The Morgan fingerprint density at radius 2 is 1.66 bits per heavy atom. The van der Waals surface area contributed by atoms with Gasteiger partial charge in [-0.15, -0.1) is 0 Å². The number of rotatable bonds is 4. The molecular formula is C22H15BrN2O4. The van der Waals surface area contributed by atoms with Crippen LogP contribution in [0.2, 0.25) is 0 Å². The summed E-state index contributed by atoms with van der Waals surface area (Å²) in [5.74, 6) is -0.462. The quantitative estimate of drug-likeness (QED) is 0.472. The second-order valence-corrected chi connectivity index (χ2v) is 7.32. The second-order valence-electron chi connectivity index (χ2n) is 6.40. The predicted molar refractivity (Wildman–Crippen MR) is 110 cm³/mol. The Hall–Kier alpha value is -3.45. The number of amides is 4. The van der Waals surface area contributed by atoms with Gasteiger partial charge in [-0.25, -0.2) is 4.79 Å². The minimum absolute atomic E-state index is 0.0679. The van der Waals surface area contributed by atoms with Crippen molar-refractivity contribution in [3.63, 3.8) is 0 Å². The molecule has 1 aliphatic heterocycles. The van der Waals surface area contributed by atoms with Crippen LogP contribution in [-0.4, -0.2) is 22.7 Å². The second kappa shape index (κ2) is 7.89. The zero-order valence-electron chi connectivity index (χ0n) is 15.1. The third-order valence-electron chi connectivity index (χ3n) is 4.41. The molecule has 29 heavy (non-hydrogen) atoms. The zero-order valence-corrected chi connectivity index (χ0v) is 16.7. The molecule has 4 rings (SSSR count). The summed E-state index contributed by atoms with van der Waals surface area (Å²) in [4.78, 5) is 38.2. The molecule has 0 radical (unpaired) electrons. The number of barbiturate groups is 1. The van der Waals surface area contributed by atoms with Crippen LogP contribution in [0.15, 0.2) is 81.2 Å². The lowest BCUT2D eigenvalue weighted by Gasteiger charge is -2.26. The molecule has 1 aromatic heterocycles. The van der Waals surface area contributed by atoms with Gasteiger partial charge in [-0.1, -0.05) is 58.4 Å². The zero-order chi connectivity index (χ0) is 20.4. The van der Waals surface area contributed by atoms with Crippen LogP contribution >= 0.6 is 15.9 Å². The van der Waals surface area contributed by atoms with Crippen molar-refractivity contribution in [1.82, 2.24) is 10.2 Å². The van der Waals surface area contributed by atoms with Crippen molar-refractivity contribution >= 4 is 39.9 Å². The standard InChI is InChI=1S/C22H15BrN2O4/c23-16-8-6-15(7-9-16)19-11-10-17(29-19)12-18-20(26)24-22(28)25(21(18)27)13-14-4-2-1-3-5-14/h1-12H,13H2,(H,24,26,28)/b18-12+. The van der Waals surface area contributed by atoms with Gasteiger partial charge >= 0.3 is 6.03 Å². The number of carbonyl (C=O) groups excluding carboxylic acids is 3. The molecule has 0 saturated carbocycles. The van der Waals surface area contributed by atoms with E-state index in [0.29, 0.717) is 11.5 Å². The number of urea groups is 1. The van der Waals surface area contributed by atoms with E-state index >= 15 is 0 Å². The van der Waals surface area contributed by atoms with Gasteiger partial charge in [0.2, 0.25) is 0 Å². The highest BCUT2D eigenvalue weighted by Gasteiger charge is 2.35. The topological polar surface area (TPSA) is 79.6 Å². The van der Waals surface area contributed by atoms with E-state index in [4.69, 9.17) is 4.42 Å². The first-order valence-electron chi connectivity index (χ1n) is 8.80. The van der Waals surface area contributed by atoms with E-state index in [1.165, 1.54) is 6.08 Å². The van der Waals surface area contributed by atoms with Crippen LogP contribution in [0.5, 0.6) is 0 Å². The maximum atomic E-state index is 12.8. The summed E-state index contributed by atoms with van der Waals surface area (Å²) in [6, 6.07) is 19.3. The van der Waals surface area contributed by atoms with Crippen LogP contribution in [0.4, 0.5) is 4.79 Å². The monoisotopic (exact) mass is 450 g/mol. The van der Waals surface area contributed by atoms with E-state index in [-0.39, 0.29) is 12.1 Å². The van der Waals surface area contributed by atoms with Gasteiger partial charge in [0, 0.05) is 10.0 Å². The van der Waals surface area contributed by atoms with Gasteiger partial charge in [0.05, 0.1) is 6.54 Å². The normalized spacial score (nSPS) is 15.7. The first-order chi connectivity index (χ1) is 14.0. The van der Waals surface area contributed by atoms with Gasteiger partial charge < -0.3 is 4.42 Å². The smallest absolute Gasteiger partial charge is 0.331 e. The number of nitrogens with zero attached hydrogens (tertiary/aromatic N) is 1. The van der Waals surface area contributed by atoms with Gasteiger partial charge in [0.25, 0.3) is 11.8 Å². The molecule has 144 valence electrons. The van der Waals surface area contributed by atoms with Gasteiger partial charge in [-0.3, -0.25) is 19.8 Å². The summed E-state index contributed by atoms with van der Waals surface area (Å²) >= 11 is 3.38. The Kier molecular flexibility index (Phi) is 5.14. The SMILES string of the molecule is O=C1NC(=O)N(Cc2ccccc2)C(=O)/C1=C/c1ccc(-c2ccc(Br)cc2)o1. The van der Waals surface area contributed by atoms with Crippen LogP contribution in [0.25, 0.3) is 17.4 Å². The fourth-order valence-electron chi connectivity index (χ4n) is 2.95. The lowest BCUT2D eigenvalue weighted by atomic mass is 10.1. The fourth-order valence-corrected chi connectivity index (χ4v) is 3.21. The molecule has 0 bridgehead atoms. The number of benzene rings is 2. The molecule has 4 amide bonds. The van der Waals surface area contributed by atoms with Gasteiger partial charge in [0.15, 0.2) is 0 Å². The van der Waals surface area contributed by atoms with Crippen LogP contribution in [-0.2, 0) is 16.1 Å². The van der Waals surface area contributed by atoms with Crippen molar-refractivity contribution in [2.45, 2.75) is 6.54 Å². The van der Waals surface area contributed by atoms with E-state index in [0.717, 1.165) is 20.5 Å². The predicted octanol–water partition coefficient (Wildman–Crippen LogP) is 4.37. The number of carbonyl (C=O) groups is 3. The van der Waals surface area contributed by atoms with E-state index in [9.17, 15) is 14.4 Å². The summed E-state index contributed by atoms with van der Waals surface area (Å²) < 4.78 is 6.71. The number of halogens is 1. The maximum absolute atomic E-state index is 12.8. The molecular weight excluding hydrogens is 436 g/mol. The number of furan rings is 1. The van der Waals surface area contributed by atoms with Gasteiger partial charge in [-0.2, -0.15) is 0 Å². The third kappa shape index (κ3) is 4.05. The largest absolute Gasteiger partial charge is 0.457 e. The lowest BCUT2D eigenvalue weighted by Crippen LogP contribution is -2.53. The summed E-state index contributed by atoms with van der Waals surface area (Å²) in [6.45, 7) is 0.0679. The fraction of sp³-hybridized carbons (Fsp3) is 0.0455. The van der Waals surface area contributed by atoms with E-state index in [1.807, 2.05) is 42.5 Å². The highest BCUT2D eigenvalue weighted by Crippen LogP contribution is 2.26. The molecule has 0 aliphatic carbocycles. The number of imide groups is 2. The Morgan fingerprint density at radius 3 is 2.38 bits per heavy atom. The van der Waals surface area contributed by atoms with Crippen molar-refractivity contribution < 1.29 is 18.8 Å². The summed E-state index contributed by atoms with van der Waals surface area (Å²) in [5.41, 5.74) is 1.48. The molecule has 3 aromatic rings. The van der Waals surface area contributed by atoms with Crippen LogP contribution in [0, 0.1) is 0 Å². The summed E-state index contributed by atoms with van der Waals surface area (Å²) in [7, 11) is 0. The average molecular weight is 451 g/mol. The molecule has 0 spiro atoms. The molecule has 7 heteroatoms. The number of hydrogen-bond donors (Lipinski definition) is 1. The molecule has 6 nitrogen and oxygen atoms in total. The Labute approximate surface area is 174 Å². The molecule has 0 unspecified atom stereocenters. The number of nitrogens with one attached hydrogen (secondary N) is 1. The van der Waals surface area contributed by atoms with E-state index in [1.54, 1.807) is 24.3 Å². The minimum Gasteiger partial charge on any atom is -0.457 e. The maximum Gasteiger partial charge on any atom is 0.331 e. The summed E-state index contributed by atoms with van der Waals surface area (Å²) in [6.07, 6.45) is 1.35. The van der Waals surface area contributed by atoms with E-state index < -0.39 is 17.8 Å². The van der Waals surface area contributed by atoms with Crippen LogP contribution in [0.1, 0.15) is 11.3 Å². The molecule has 1 N–H and O–H groups in total. The molecule has 1 fully saturated rings. The molecule has 2 heterocycles. The Balaban J connectivity index is 1.60. The Morgan fingerprint density at radius 1 is 0.931 bits per heavy atom. The van der Waals surface area contributed by atoms with Crippen molar-refractivity contribution in [2.24, 2.45) is 0 Å². The van der Waals surface area contributed by atoms with Crippen molar-refractivity contribution in [1.29, 1.82) is 0 Å². The van der Waals surface area contributed by atoms with Crippen LogP contribution in [0.3, 0.4) is 0 Å². The third-order valence-corrected chi connectivity index (χ3v) is 4.94. The van der Waals surface area contributed by atoms with E-state index in [2.05, 4.69) is 21.2 Å². The lowest BCUT2D eigenvalue weighted by molar-refractivity contribution is -0.130. The summed E-state index contributed by atoms with van der Waals surface area (Å²) in [5, 5.41) is 2.21. The first-order valence-corrected chi connectivity index (χ1v) is 9.59. The molecule has 1 saturated heterocycles. The first kappa shape index (κ1) is 18.9. The van der Waals surface area contributed by atoms with Gasteiger partial charge in [-0.05, 0) is 35.9 Å². The molecule has 2 aromatic carbocycles. The van der Waals surface area contributed by atoms with Crippen LogP contribution < -0.4 is 5.32 Å². The molecule has 0 atom stereocenters. The highest BCUT2D eigenvalue weighted by atomic mass is 79.9. The highest BCUT2D eigenvalue weighted by molar-refractivity contribution is 9.10. The van der Waals surface area contributed by atoms with Crippen molar-refractivity contribution in [3.05, 3.63) is 88.1 Å². The average Bonchev–Trinajstić information content (AvgIpc) is 3.18. The molecule has 1 aliphatic rings. The van der Waals surface area contributed by atoms with Gasteiger partial charge in [0.1, 0.15) is 17.1 Å². The number of hydrogen-bond acceptors (Lipinski definition) is 4. The Bertz CT molecular complexity index is 1120. The minimum atomic E-state index is -0.745.